The largest absolute Gasteiger partial charge is 0.489 e. The minimum absolute atomic E-state index is 0.371. The van der Waals surface area contributed by atoms with Crippen LogP contribution in [0.15, 0.2) is 54.6 Å². The molecule has 0 saturated heterocycles. The van der Waals surface area contributed by atoms with E-state index in [1.807, 2.05) is 30.3 Å². The summed E-state index contributed by atoms with van der Waals surface area (Å²) in [5, 5.41) is 3.53. The van der Waals surface area contributed by atoms with Gasteiger partial charge in [-0.1, -0.05) is 56.3 Å². The summed E-state index contributed by atoms with van der Waals surface area (Å²) >= 11 is 0. The van der Waals surface area contributed by atoms with Gasteiger partial charge in [-0.3, -0.25) is 0 Å². The zero-order chi connectivity index (χ0) is 15.1. The molecule has 0 fully saturated rings. The highest BCUT2D eigenvalue weighted by atomic mass is 16.5. The summed E-state index contributed by atoms with van der Waals surface area (Å²) < 4.78 is 5.80. The maximum atomic E-state index is 5.80. The lowest BCUT2D eigenvalue weighted by molar-refractivity contribution is 0.306. The van der Waals surface area contributed by atoms with Crippen molar-refractivity contribution in [3.63, 3.8) is 0 Å². The molecule has 2 rings (SSSR count). The predicted molar refractivity (Wildman–Crippen MR) is 88.5 cm³/mol. The summed E-state index contributed by atoms with van der Waals surface area (Å²) in [6.07, 6.45) is 0. The van der Waals surface area contributed by atoms with Crippen LogP contribution in [0.25, 0.3) is 0 Å². The van der Waals surface area contributed by atoms with Crippen molar-refractivity contribution in [2.75, 3.05) is 6.54 Å². The van der Waals surface area contributed by atoms with Gasteiger partial charge in [-0.2, -0.15) is 0 Å². The van der Waals surface area contributed by atoms with Crippen LogP contribution in [0.5, 0.6) is 5.75 Å². The van der Waals surface area contributed by atoms with Gasteiger partial charge in [0.2, 0.25) is 0 Å². The molecule has 112 valence electrons. The highest BCUT2D eigenvalue weighted by Crippen LogP contribution is 2.18. The molecule has 0 bridgehead atoms. The molecule has 0 aliphatic heterocycles. The molecule has 0 aliphatic carbocycles. The highest BCUT2D eigenvalue weighted by molar-refractivity contribution is 5.29. The second-order valence-electron chi connectivity index (χ2n) is 5.87. The lowest BCUT2D eigenvalue weighted by atomic mass is 10.1. The molecule has 0 saturated carbocycles. The van der Waals surface area contributed by atoms with E-state index in [2.05, 4.69) is 50.4 Å². The Kier molecular flexibility index (Phi) is 5.82. The average molecular weight is 283 g/mol. The molecule has 2 nitrogen and oxygen atoms in total. The SMILES string of the molecule is CC(C)CNC(C)c1ccc(OCc2ccccc2)cc1. The van der Waals surface area contributed by atoms with Crippen LogP contribution in [0.2, 0.25) is 0 Å². The number of ether oxygens (including phenoxy) is 1. The molecule has 1 unspecified atom stereocenters. The molecule has 0 radical (unpaired) electrons. The zero-order valence-electron chi connectivity index (χ0n) is 13.2. The van der Waals surface area contributed by atoms with E-state index in [9.17, 15) is 0 Å². The Morgan fingerprint density at radius 1 is 0.905 bits per heavy atom. The van der Waals surface area contributed by atoms with Gasteiger partial charge in [0.15, 0.2) is 0 Å². The van der Waals surface area contributed by atoms with E-state index in [1.165, 1.54) is 11.1 Å². The lowest BCUT2D eigenvalue weighted by Crippen LogP contribution is -2.23. The number of nitrogens with one attached hydrogen (secondary N) is 1. The van der Waals surface area contributed by atoms with Crippen molar-refractivity contribution in [1.82, 2.24) is 5.32 Å². The first-order valence-corrected chi connectivity index (χ1v) is 7.65. The summed E-state index contributed by atoms with van der Waals surface area (Å²) in [5.74, 6) is 1.58. The number of hydrogen-bond acceptors (Lipinski definition) is 2. The Bertz CT molecular complexity index is 519. The number of hydrogen-bond donors (Lipinski definition) is 1. The molecule has 2 aromatic rings. The molecule has 1 atom stereocenters. The summed E-state index contributed by atoms with van der Waals surface area (Å²) in [5.41, 5.74) is 2.48. The molecule has 0 aromatic heterocycles. The van der Waals surface area contributed by atoms with Gasteiger partial charge in [-0.15, -0.1) is 0 Å². The fourth-order valence-corrected chi connectivity index (χ4v) is 2.12. The monoisotopic (exact) mass is 283 g/mol. The van der Waals surface area contributed by atoms with Crippen LogP contribution >= 0.6 is 0 Å². The number of rotatable bonds is 7. The van der Waals surface area contributed by atoms with Gasteiger partial charge >= 0.3 is 0 Å². The van der Waals surface area contributed by atoms with Crippen molar-refractivity contribution in [2.45, 2.75) is 33.4 Å². The van der Waals surface area contributed by atoms with E-state index in [0.29, 0.717) is 18.6 Å². The first kappa shape index (κ1) is 15.6. The Morgan fingerprint density at radius 3 is 2.19 bits per heavy atom. The first-order valence-electron chi connectivity index (χ1n) is 7.65. The standard InChI is InChI=1S/C19H25NO/c1-15(2)13-20-16(3)18-9-11-19(12-10-18)21-14-17-7-5-4-6-8-17/h4-12,15-16,20H,13-14H2,1-3H3. The Morgan fingerprint density at radius 2 is 1.57 bits per heavy atom. The molecular weight excluding hydrogens is 258 g/mol. The van der Waals surface area contributed by atoms with Crippen molar-refractivity contribution in [3.8, 4) is 5.75 Å². The summed E-state index contributed by atoms with van der Waals surface area (Å²) in [6, 6.07) is 19.0. The van der Waals surface area contributed by atoms with Crippen LogP contribution in [0.3, 0.4) is 0 Å². The molecule has 2 aromatic carbocycles. The zero-order valence-corrected chi connectivity index (χ0v) is 13.2. The quantitative estimate of drug-likeness (QED) is 0.803. The molecule has 21 heavy (non-hydrogen) atoms. The van der Waals surface area contributed by atoms with Crippen LogP contribution in [0, 0.1) is 5.92 Å². The van der Waals surface area contributed by atoms with E-state index in [1.54, 1.807) is 0 Å². The fraction of sp³-hybridized carbons (Fsp3) is 0.368. The van der Waals surface area contributed by atoms with Gasteiger partial charge in [0, 0.05) is 6.04 Å². The topological polar surface area (TPSA) is 21.3 Å². The van der Waals surface area contributed by atoms with Crippen molar-refractivity contribution >= 4 is 0 Å². The molecular formula is C19H25NO. The fourth-order valence-electron chi connectivity index (χ4n) is 2.12. The molecule has 1 N–H and O–H groups in total. The highest BCUT2D eigenvalue weighted by Gasteiger charge is 2.05. The summed E-state index contributed by atoms with van der Waals surface area (Å²) in [6.45, 7) is 8.29. The van der Waals surface area contributed by atoms with Gasteiger partial charge < -0.3 is 10.1 Å². The van der Waals surface area contributed by atoms with E-state index in [-0.39, 0.29) is 0 Å². The van der Waals surface area contributed by atoms with E-state index in [4.69, 9.17) is 4.74 Å². The van der Waals surface area contributed by atoms with Crippen LogP contribution < -0.4 is 10.1 Å². The van der Waals surface area contributed by atoms with Crippen molar-refractivity contribution in [3.05, 3.63) is 65.7 Å². The minimum atomic E-state index is 0.371. The van der Waals surface area contributed by atoms with Crippen LogP contribution in [0.4, 0.5) is 0 Å². The van der Waals surface area contributed by atoms with E-state index in [0.717, 1.165) is 12.3 Å². The number of benzene rings is 2. The van der Waals surface area contributed by atoms with E-state index >= 15 is 0 Å². The van der Waals surface area contributed by atoms with Crippen molar-refractivity contribution in [2.24, 2.45) is 5.92 Å². The average Bonchev–Trinajstić information content (AvgIpc) is 2.52. The van der Waals surface area contributed by atoms with Crippen molar-refractivity contribution < 1.29 is 4.74 Å². The van der Waals surface area contributed by atoms with Crippen LogP contribution in [-0.4, -0.2) is 6.54 Å². The smallest absolute Gasteiger partial charge is 0.119 e. The maximum Gasteiger partial charge on any atom is 0.119 e. The predicted octanol–water partition coefficient (Wildman–Crippen LogP) is 4.57. The van der Waals surface area contributed by atoms with Gasteiger partial charge in [0.1, 0.15) is 12.4 Å². The minimum Gasteiger partial charge on any atom is -0.489 e. The third-order valence-electron chi connectivity index (χ3n) is 3.46. The molecule has 0 amide bonds. The second-order valence-corrected chi connectivity index (χ2v) is 5.87. The summed E-state index contributed by atoms with van der Waals surface area (Å²) in [4.78, 5) is 0. The van der Waals surface area contributed by atoms with E-state index < -0.39 is 0 Å². The van der Waals surface area contributed by atoms with Gasteiger partial charge in [-0.05, 0) is 42.6 Å². The second kappa shape index (κ2) is 7.84. The molecule has 0 aliphatic rings. The Hall–Kier alpha value is -1.80. The third kappa shape index (κ3) is 5.24. The van der Waals surface area contributed by atoms with Gasteiger partial charge in [-0.25, -0.2) is 0 Å². The van der Waals surface area contributed by atoms with Crippen LogP contribution in [-0.2, 0) is 6.61 Å². The Labute approximate surface area is 128 Å². The molecule has 0 heterocycles. The first-order chi connectivity index (χ1) is 10.1. The van der Waals surface area contributed by atoms with Gasteiger partial charge in [0.25, 0.3) is 0 Å². The maximum absolute atomic E-state index is 5.80. The lowest BCUT2D eigenvalue weighted by Gasteiger charge is -2.16. The van der Waals surface area contributed by atoms with Gasteiger partial charge in [0.05, 0.1) is 0 Å². The summed E-state index contributed by atoms with van der Waals surface area (Å²) in [7, 11) is 0. The van der Waals surface area contributed by atoms with Crippen molar-refractivity contribution in [1.29, 1.82) is 0 Å². The third-order valence-corrected chi connectivity index (χ3v) is 3.46. The molecule has 2 heteroatoms. The van der Waals surface area contributed by atoms with Crippen LogP contribution in [0.1, 0.15) is 37.9 Å². The molecule has 0 spiro atoms. The Balaban J connectivity index is 1.87. The normalized spacial score (nSPS) is 12.4.